The molecule has 0 aliphatic carbocycles. The van der Waals surface area contributed by atoms with Crippen LogP contribution in [-0.4, -0.2) is 45.6 Å². The Bertz CT molecular complexity index is 850. The summed E-state index contributed by atoms with van der Waals surface area (Å²) < 4.78 is 43.0. The molecule has 2 amide bonds. The van der Waals surface area contributed by atoms with Crippen molar-refractivity contribution in [2.45, 2.75) is 38.5 Å². The van der Waals surface area contributed by atoms with Gasteiger partial charge in [-0.25, -0.2) is 0 Å². The standard InChI is InChI=1S/C17H17F3N4O3/c1-10-5-2-3-6-11(10)14-22-13(27-23-14)9-21-15(25)12-7-4-8-24(12)16(26)17(18,19)20/h2-3,5-6,12H,4,7-9H2,1H3,(H,21,25). The normalized spacial score (nSPS) is 17.2. The Morgan fingerprint density at radius 2 is 2.07 bits per heavy atom. The number of amides is 2. The van der Waals surface area contributed by atoms with E-state index in [0.29, 0.717) is 17.1 Å². The van der Waals surface area contributed by atoms with E-state index in [2.05, 4.69) is 15.5 Å². The summed E-state index contributed by atoms with van der Waals surface area (Å²) in [6.07, 6.45) is -4.50. The first kappa shape index (κ1) is 18.9. The SMILES string of the molecule is Cc1ccccc1-c1noc(CNC(=O)C2CCCN2C(=O)C(F)(F)F)n1. The molecule has 0 spiro atoms. The van der Waals surface area contributed by atoms with Crippen LogP contribution in [0.5, 0.6) is 0 Å². The zero-order chi connectivity index (χ0) is 19.6. The lowest BCUT2D eigenvalue weighted by molar-refractivity contribution is -0.186. The third-order valence-corrected chi connectivity index (χ3v) is 4.33. The highest BCUT2D eigenvalue weighted by atomic mass is 19.4. The maximum Gasteiger partial charge on any atom is 0.471 e. The summed E-state index contributed by atoms with van der Waals surface area (Å²) in [5.41, 5.74) is 1.72. The van der Waals surface area contributed by atoms with E-state index in [1.165, 1.54) is 0 Å². The second-order valence-corrected chi connectivity index (χ2v) is 6.20. The number of hydrogen-bond donors (Lipinski definition) is 1. The Balaban J connectivity index is 1.63. The minimum Gasteiger partial charge on any atom is -0.345 e. The Morgan fingerprint density at radius 1 is 1.33 bits per heavy atom. The monoisotopic (exact) mass is 382 g/mol. The first-order valence-electron chi connectivity index (χ1n) is 8.31. The number of benzene rings is 1. The molecule has 2 heterocycles. The van der Waals surface area contributed by atoms with Crippen molar-refractivity contribution >= 4 is 11.8 Å². The van der Waals surface area contributed by atoms with Gasteiger partial charge in [0.2, 0.25) is 17.6 Å². The van der Waals surface area contributed by atoms with E-state index in [0.717, 1.165) is 11.1 Å². The lowest BCUT2D eigenvalue weighted by Gasteiger charge is -2.24. The van der Waals surface area contributed by atoms with Gasteiger partial charge in [0.1, 0.15) is 6.04 Å². The average Bonchev–Trinajstić information content (AvgIpc) is 3.28. The fourth-order valence-electron chi connectivity index (χ4n) is 2.99. The van der Waals surface area contributed by atoms with Crippen LogP contribution in [0.15, 0.2) is 28.8 Å². The Morgan fingerprint density at radius 3 is 2.78 bits per heavy atom. The van der Waals surface area contributed by atoms with Crippen molar-refractivity contribution in [3.05, 3.63) is 35.7 Å². The Kier molecular flexibility index (Phi) is 5.15. The van der Waals surface area contributed by atoms with E-state index < -0.39 is 24.0 Å². The second-order valence-electron chi connectivity index (χ2n) is 6.20. The quantitative estimate of drug-likeness (QED) is 0.876. The number of rotatable bonds is 4. The topological polar surface area (TPSA) is 88.3 Å². The number of likely N-dealkylation sites (tertiary alicyclic amines) is 1. The molecule has 27 heavy (non-hydrogen) atoms. The van der Waals surface area contributed by atoms with Gasteiger partial charge < -0.3 is 14.7 Å². The van der Waals surface area contributed by atoms with Crippen LogP contribution < -0.4 is 5.32 Å². The maximum atomic E-state index is 12.6. The summed E-state index contributed by atoms with van der Waals surface area (Å²) in [5, 5.41) is 6.31. The van der Waals surface area contributed by atoms with Crippen LogP contribution in [0.1, 0.15) is 24.3 Å². The van der Waals surface area contributed by atoms with Crippen molar-refractivity contribution in [1.82, 2.24) is 20.4 Å². The molecule has 7 nitrogen and oxygen atoms in total. The van der Waals surface area contributed by atoms with Crippen LogP contribution in [0.4, 0.5) is 13.2 Å². The molecule has 1 atom stereocenters. The van der Waals surface area contributed by atoms with Gasteiger partial charge in [-0.05, 0) is 25.3 Å². The van der Waals surface area contributed by atoms with Crippen LogP contribution in [0, 0.1) is 6.92 Å². The molecule has 0 saturated carbocycles. The molecule has 1 aromatic heterocycles. The van der Waals surface area contributed by atoms with Gasteiger partial charge in [0.25, 0.3) is 0 Å². The van der Waals surface area contributed by atoms with Gasteiger partial charge in [-0.2, -0.15) is 18.2 Å². The van der Waals surface area contributed by atoms with Crippen LogP contribution in [-0.2, 0) is 16.1 Å². The van der Waals surface area contributed by atoms with Gasteiger partial charge in [-0.1, -0.05) is 29.4 Å². The lowest BCUT2D eigenvalue weighted by atomic mass is 10.1. The van der Waals surface area contributed by atoms with Gasteiger partial charge in [0, 0.05) is 12.1 Å². The van der Waals surface area contributed by atoms with Crippen molar-refractivity contribution in [1.29, 1.82) is 0 Å². The average molecular weight is 382 g/mol. The molecule has 1 saturated heterocycles. The molecule has 1 aromatic carbocycles. The molecule has 0 radical (unpaired) electrons. The number of aryl methyl sites for hydroxylation is 1. The van der Waals surface area contributed by atoms with E-state index in [-0.39, 0.29) is 25.4 Å². The molecule has 0 bridgehead atoms. The van der Waals surface area contributed by atoms with E-state index in [1.54, 1.807) is 0 Å². The highest BCUT2D eigenvalue weighted by molar-refractivity contribution is 5.90. The molecular weight excluding hydrogens is 365 g/mol. The van der Waals surface area contributed by atoms with Crippen LogP contribution >= 0.6 is 0 Å². The zero-order valence-corrected chi connectivity index (χ0v) is 14.4. The second kappa shape index (κ2) is 7.37. The fraction of sp³-hybridized carbons (Fsp3) is 0.412. The highest BCUT2D eigenvalue weighted by Crippen LogP contribution is 2.26. The molecule has 1 fully saturated rings. The summed E-state index contributed by atoms with van der Waals surface area (Å²) in [6.45, 7) is 1.65. The largest absolute Gasteiger partial charge is 0.471 e. The summed E-state index contributed by atoms with van der Waals surface area (Å²) in [5.74, 6) is -2.21. The van der Waals surface area contributed by atoms with E-state index in [9.17, 15) is 22.8 Å². The van der Waals surface area contributed by atoms with Crippen molar-refractivity contribution in [3.8, 4) is 11.4 Å². The minimum absolute atomic E-state index is 0.103. The molecule has 1 aliphatic heterocycles. The van der Waals surface area contributed by atoms with Gasteiger partial charge in [0.15, 0.2) is 0 Å². The summed E-state index contributed by atoms with van der Waals surface area (Å²) in [4.78, 5) is 28.4. The first-order valence-corrected chi connectivity index (χ1v) is 8.31. The predicted octanol–water partition coefficient (Wildman–Crippen LogP) is 2.21. The molecule has 2 aromatic rings. The number of hydrogen-bond acceptors (Lipinski definition) is 5. The predicted molar refractivity (Wildman–Crippen MR) is 87.1 cm³/mol. The molecule has 1 aliphatic rings. The lowest BCUT2D eigenvalue weighted by Crippen LogP contribution is -2.50. The third-order valence-electron chi connectivity index (χ3n) is 4.33. The minimum atomic E-state index is -5.00. The smallest absolute Gasteiger partial charge is 0.345 e. The molecule has 1 N–H and O–H groups in total. The zero-order valence-electron chi connectivity index (χ0n) is 14.4. The van der Waals surface area contributed by atoms with Gasteiger partial charge >= 0.3 is 12.1 Å². The molecular formula is C17H17F3N4O3. The number of nitrogens with zero attached hydrogens (tertiary/aromatic N) is 3. The van der Waals surface area contributed by atoms with Crippen molar-refractivity contribution in [3.63, 3.8) is 0 Å². The van der Waals surface area contributed by atoms with E-state index >= 15 is 0 Å². The van der Waals surface area contributed by atoms with Gasteiger partial charge in [0.05, 0.1) is 6.54 Å². The van der Waals surface area contributed by atoms with Crippen molar-refractivity contribution in [2.24, 2.45) is 0 Å². The highest BCUT2D eigenvalue weighted by Gasteiger charge is 2.47. The van der Waals surface area contributed by atoms with E-state index in [1.807, 2.05) is 31.2 Å². The van der Waals surface area contributed by atoms with Crippen molar-refractivity contribution in [2.75, 3.05) is 6.54 Å². The maximum absolute atomic E-state index is 12.6. The molecule has 1 unspecified atom stereocenters. The van der Waals surface area contributed by atoms with Gasteiger partial charge in [-0.3, -0.25) is 9.59 Å². The third kappa shape index (κ3) is 4.09. The van der Waals surface area contributed by atoms with Crippen LogP contribution in [0.2, 0.25) is 0 Å². The molecule has 10 heteroatoms. The summed E-state index contributed by atoms with van der Waals surface area (Å²) in [6, 6.07) is 6.25. The fourth-order valence-corrected chi connectivity index (χ4v) is 2.99. The van der Waals surface area contributed by atoms with Crippen LogP contribution in [0.3, 0.4) is 0 Å². The summed E-state index contributed by atoms with van der Waals surface area (Å²) in [7, 11) is 0. The number of aromatic nitrogens is 2. The first-order chi connectivity index (χ1) is 12.8. The number of nitrogens with one attached hydrogen (secondary N) is 1. The number of carbonyl (C=O) groups is 2. The Hall–Kier alpha value is -2.91. The van der Waals surface area contributed by atoms with Gasteiger partial charge in [-0.15, -0.1) is 0 Å². The molecule has 3 rings (SSSR count). The van der Waals surface area contributed by atoms with Crippen molar-refractivity contribution < 1.29 is 27.3 Å². The number of alkyl halides is 3. The summed E-state index contributed by atoms with van der Waals surface area (Å²) >= 11 is 0. The Labute approximate surface area is 152 Å². The number of carbonyl (C=O) groups excluding carboxylic acids is 2. The van der Waals surface area contributed by atoms with Crippen LogP contribution in [0.25, 0.3) is 11.4 Å². The molecule has 144 valence electrons. The van der Waals surface area contributed by atoms with E-state index in [4.69, 9.17) is 4.52 Å². The number of halogens is 3.